The van der Waals surface area contributed by atoms with Crippen LogP contribution in [0.2, 0.25) is 0 Å². The van der Waals surface area contributed by atoms with E-state index in [-0.39, 0.29) is 11.7 Å². The number of benzene rings is 1. The maximum absolute atomic E-state index is 12.0. The van der Waals surface area contributed by atoms with Gasteiger partial charge < -0.3 is 15.7 Å². The normalized spacial score (nSPS) is 10.7. The van der Waals surface area contributed by atoms with E-state index in [1.807, 2.05) is 25.8 Å². The number of nitrogens with zero attached hydrogens (tertiary/aromatic N) is 2. The Morgan fingerprint density at radius 3 is 2.53 bits per heavy atom. The first kappa shape index (κ1) is 15.3. The monoisotopic (exact) mass is 265 g/mol. The van der Waals surface area contributed by atoms with E-state index in [0.717, 1.165) is 5.56 Å². The van der Waals surface area contributed by atoms with Crippen molar-refractivity contribution in [1.82, 2.24) is 9.80 Å². The predicted octanol–water partition coefficient (Wildman–Crippen LogP) is 1.27. The highest BCUT2D eigenvalue weighted by atomic mass is 16.3. The van der Waals surface area contributed by atoms with Crippen molar-refractivity contribution in [3.8, 4) is 5.75 Å². The fraction of sp³-hybridized carbons (Fsp3) is 0.500. The van der Waals surface area contributed by atoms with Gasteiger partial charge in [0.05, 0.1) is 6.54 Å². The van der Waals surface area contributed by atoms with Gasteiger partial charge in [-0.3, -0.25) is 9.69 Å². The van der Waals surface area contributed by atoms with Gasteiger partial charge >= 0.3 is 0 Å². The molecule has 0 saturated heterocycles. The second-order valence-electron chi connectivity index (χ2n) is 4.63. The molecule has 0 atom stereocenters. The van der Waals surface area contributed by atoms with Crippen molar-refractivity contribution < 1.29 is 9.90 Å². The lowest BCUT2D eigenvalue weighted by Crippen LogP contribution is -2.38. The molecule has 0 unspecified atom stereocenters. The van der Waals surface area contributed by atoms with E-state index in [0.29, 0.717) is 31.9 Å². The first-order valence-corrected chi connectivity index (χ1v) is 6.51. The summed E-state index contributed by atoms with van der Waals surface area (Å²) in [6.07, 6.45) is 0. The number of nitrogen functional groups attached to an aromatic ring is 1. The number of carbonyl (C=O) groups excluding carboxylic acids is 1. The highest BCUT2D eigenvalue weighted by Crippen LogP contribution is 2.20. The van der Waals surface area contributed by atoms with Crippen LogP contribution in [0.5, 0.6) is 5.75 Å². The molecule has 1 rings (SSSR count). The number of aromatic hydroxyl groups is 1. The van der Waals surface area contributed by atoms with Crippen molar-refractivity contribution in [3.63, 3.8) is 0 Å². The average molecular weight is 265 g/mol. The van der Waals surface area contributed by atoms with Crippen molar-refractivity contribution in [2.75, 3.05) is 32.4 Å². The van der Waals surface area contributed by atoms with Crippen molar-refractivity contribution in [3.05, 3.63) is 23.8 Å². The van der Waals surface area contributed by atoms with Crippen LogP contribution in [-0.4, -0.2) is 47.5 Å². The van der Waals surface area contributed by atoms with E-state index in [2.05, 4.69) is 0 Å². The van der Waals surface area contributed by atoms with Gasteiger partial charge in [0.15, 0.2) is 0 Å². The Balaban J connectivity index is 2.62. The summed E-state index contributed by atoms with van der Waals surface area (Å²) in [6, 6.07) is 4.96. The van der Waals surface area contributed by atoms with Crippen LogP contribution in [-0.2, 0) is 11.3 Å². The number of phenols is 1. The number of hydrogen-bond donors (Lipinski definition) is 2. The average Bonchev–Trinajstić information content (AvgIpc) is 2.35. The molecule has 1 aromatic carbocycles. The van der Waals surface area contributed by atoms with Crippen molar-refractivity contribution in [1.29, 1.82) is 0 Å². The van der Waals surface area contributed by atoms with Gasteiger partial charge in [-0.15, -0.1) is 0 Å². The fourth-order valence-electron chi connectivity index (χ4n) is 1.99. The van der Waals surface area contributed by atoms with Gasteiger partial charge in [-0.05, 0) is 39.1 Å². The number of carbonyl (C=O) groups is 1. The fourth-order valence-corrected chi connectivity index (χ4v) is 1.99. The maximum atomic E-state index is 12.0. The number of rotatable bonds is 6. The lowest BCUT2D eigenvalue weighted by atomic mass is 10.1. The Bertz CT molecular complexity index is 431. The minimum atomic E-state index is 0.0934. The zero-order valence-corrected chi connectivity index (χ0v) is 11.9. The molecule has 0 aromatic heterocycles. The molecule has 19 heavy (non-hydrogen) atoms. The summed E-state index contributed by atoms with van der Waals surface area (Å²) in [5.74, 6) is 0.298. The summed E-state index contributed by atoms with van der Waals surface area (Å²) in [4.78, 5) is 15.6. The van der Waals surface area contributed by atoms with Gasteiger partial charge in [-0.1, -0.05) is 0 Å². The molecule has 1 aromatic rings. The van der Waals surface area contributed by atoms with Crippen LogP contribution < -0.4 is 5.73 Å². The second kappa shape index (κ2) is 6.99. The first-order valence-electron chi connectivity index (χ1n) is 6.51. The Morgan fingerprint density at radius 2 is 1.95 bits per heavy atom. The molecule has 0 spiro atoms. The van der Waals surface area contributed by atoms with Gasteiger partial charge in [-0.2, -0.15) is 0 Å². The zero-order chi connectivity index (χ0) is 14.4. The van der Waals surface area contributed by atoms with E-state index in [4.69, 9.17) is 5.73 Å². The SMILES string of the molecule is CCN(CC)C(=O)CN(C)Cc1cc(N)ccc1O. The van der Waals surface area contributed by atoms with Crippen LogP contribution >= 0.6 is 0 Å². The highest BCUT2D eigenvalue weighted by molar-refractivity contribution is 5.78. The standard InChI is InChI=1S/C14H23N3O2/c1-4-17(5-2)14(19)10-16(3)9-11-8-12(15)6-7-13(11)18/h6-8,18H,4-5,9-10,15H2,1-3H3. The van der Waals surface area contributed by atoms with E-state index < -0.39 is 0 Å². The van der Waals surface area contributed by atoms with Crippen molar-refractivity contribution >= 4 is 11.6 Å². The smallest absolute Gasteiger partial charge is 0.236 e. The number of anilines is 1. The quantitative estimate of drug-likeness (QED) is 0.600. The number of nitrogens with two attached hydrogens (primary N) is 1. The topological polar surface area (TPSA) is 69.8 Å². The lowest BCUT2D eigenvalue weighted by molar-refractivity contribution is -0.131. The highest BCUT2D eigenvalue weighted by Gasteiger charge is 2.13. The molecule has 0 radical (unpaired) electrons. The van der Waals surface area contributed by atoms with Crippen LogP contribution in [0, 0.1) is 0 Å². The minimum Gasteiger partial charge on any atom is -0.508 e. The Kier molecular flexibility index (Phi) is 5.63. The van der Waals surface area contributed by atoms with Crippen LogP contribution in [0.4, 0.5) is 5.69 Å². The molecule has 0 aliphatic rings. The first-order chi connectivity index (χ1) is 8.97. The Morgan fingerprint density at radius 1 is 1.32 bits per heavy atom. The summed E-state index contributed by atoms with van der Waals surface area (Å²) in [6.45, 7) is 6.18. The minimum absolute atomic E-state index is 0.0934. The van der Waals surface area contributed by atoms with Crippen molar-refractivity contribution in [2.24, 2.45) is 0 Å². The molecular formula is C14H23N3O2. The zero-order valence-electron chi connectivity index (χ0n) is 11.9. The summed E-state index contributed by atoms with van der Waals surface area (Å²) in [5, 5.41) is 9.74. The summed E-state index contributed by atoms with van der Waals surface area (Å²) < 4.78 is 0. The van der Waals surface area contributed by atoms with E-state index in [9.17, 15) is 9.90 Å². The van der Waals surface area contributed by atoms with E-state index in [1.54, 1.807) is 23.1 Å². The molecule has 0 aliphatic carbocycles. The predicted molar refractivity (Wildman–Crippen MR) is 76.8 cm³/mol. The summed E-state index contributed by atoms with van der Waals surface area (Å²) in [5.41, 5.74) is 7.03. The van der Waals surface area contributed by atoms with Crippen molar-refractivity contribution in [2.45, 2.75) is 20.4 Å². The third-order valence-corrected chi connectivity index (χ3v) is 3.07. The van der Waals surface area contributed by atoms with Crippen LogP contribution in [0.3, 0.4) is 0 Å². The molecule has 5 heteroatoms. The largest absolute Gasteiger partial charge is 0.508 e. The van der Waals surface area contributed by atoms with Gasteiger partial charge in [0.1, 0.15) is 5.75 Å². The molecule has 106 valence electrons. The van der Waals surface area contributed by atoms with E-state index >= 15 is 0 Å². The molecule has 0 heterocycles. The lowest BCUT2D eigenvalue weighted by Gasteiger charge is -2.23. The Labute approximate surface area is 114 Å². The number of phenolic OH excluding ortho intramolecular Hbond substituents is 1. The number of likely N-dealkylation sites (N-methyl/N-ethyl adjacent to an activating group) is 2. The number of amides is 1. The van der Waals surface area contributed by atoms with Crippen LogP contribution in [0.15, 0.2) is 18.2 Å². The third-order valence-electron chi connectivity index (χ3n) is 3.07. The van der Waals surface area contributed by atoms with Gasteiger partial charge in [0.25, 0.3) is 0 Å². The van der Waals surface area contributed by atoms with Crippen LogP contribution in [0.25, 0.3) is 0 Å². The third kappa shape index (κ3) is 4.44. The molecule has 0 fully saturated rings. The molecule has 0 aliphatic heterocycles. The molecular weight excluding hydrogens is 242 g/mol. The summed E-state index contributed by atoms with van der Waals surface area (Å²) >= 11 is 0. The van der Waals surface area contributed by atoms with Gasteiger partial charge in [0, 0.05) is 30.9 Å². The van der Waals surface area contributed by atoms with E-state index in [1.165, 1.54) is 0 Å². The molecule has 0 saturated carbocycles. The molecule has 0 bridgehead atoms. The molecule has 3 N–H and O–H groups in total. The van der Waals surface area contributed by atoms with Gasteiger partial charge in [0.2, 0.25) is 5.91 Å². The van der Waals surface area contributed by atoms with Crippen LogP contribution in [0.1, 0.15) is 19.4 Å². The molecule has 1 amide bonds. The maximum Gasteiger partial charge on any atom is 0.236 e. The second-order valence-corrected chi connectivity index (χ2v) is 4.63. The number of hydrogen-bond acceptors (Lipinski definition) is 4. The summed E-state index contributed by atoms with van der Waals surface area (Å²) in [7, 11) is 1.85. The van der Waals surface area contributed by atoms with Gasteiger partial charge in [-0.25, -0.2) is 0 Å². The molecule has 5 nitrogen and oxygen atoms in total. The Hall–Kier alpha value is -1.75.